The molecule has 0 amide bonds. The molecular formula is C11H14FNO. The fourth-order valence-electron chi connectivity index (χ4n) is 1.16. The number of hydrogen-bond acceptors (Lipinski definition) is 2. The molecule has 3 heteroatoms. The van der Waals surface area contributed by atoms with Crippen LogP contribution in [-0.2, 0) is 11.3 Å². The van der Waals surface area contributed by atoms with Crippen molar-refractivity contribution < 1.29 is 9.13 Å². The Morgan fingerprint density at radius 3 is 2.86 bits per heavy atom. The summed E-state index contributed by atoms with van der Waals surface area (Å²) in [5.41, 5.74) is 6.65. The highest BCUT2D eigenvalue weighted by Crippen LogP contribution is 2.12. The van der Waals surface area contributed by atoms with Gasteiger partial charge < -0.3 is 10.5 Å². The van der Waals surface area contributed by atoms with Crippen molar-refractivity contribution in [3.63, 3.8) is 0 Å². The quantitative estimate of drug-likeness (QED) is 0.796. The van der Waals surface area contributed by atoms with Gasteiger partial charge in [0, 0.05) is 19.2 Å². The molecule has 0 fully saturated rings. The van der Waals surface area contributed by atoms with Gasteiger partial charge in [0.05, 0.1) is 6.61 Å². The van der Waals surface area contributed by atoms with Gasteiger partial charge in [-0.3, -0.25) is 0 Å². The van der Waals surface area contributed by atoms with Gasteiger partial charge in [0.1, 0.15) is 5.82 Å². The lowest BCUT2D eigenvalue weighted by Crippen LogP contribution is -1.93. The van der Waals surface area contributed by atoms with Crippen molar-refractivity contribution in [1.29, 1.82) is 0 Å². The Balaban J connectivity index is 2.84. The first-order valence-corrected chi connectivity index (χ1v) is 4.42. The predicted molar refractivity (Wildman–Crippen MR) is 55.2 cm³/mol. The predicted octanol–water partition coefficient (Wildman–Crippen LogP) is 1.94. The number of halogens is 1. The minimum Gasteiger partial charge on any atom is -0.380 e. The zero-order valence-corrected chi connectivity index (χ0v) is 8.16. The largest absolute Gasteiger partial charge is 0.380 e. The van der Waals surface area contributed by atoms with Crippen LogP contribution in [0, 0.1) is 5.82 Å². The molecule has 0 aliphatic carbocycles. The summed E-state index contributed by atoms with van der Waals surface area (Å²) in [5.74, 6) is -0.246. The van der Waals surface area contributed by atoms with E-state index in [-0.39, 0.29) is 5.82 Å². The minimum absolute atomic E-state index is 0.246. The number of nitrogens with two attached hydrogens (primary N) is 1. The minimum atomic E-state index is -0.246. The molecule has 0 saturated carbocycles. The van der Waals surface area contributed by atoms with Crippen molar-refractivity contribution in [2.45, 2.75) is 6.61 Å². The molecule has 0 unspecified atom stereocenters. The van der Waals surface area contributed by atoms with Crippen LogP contribution in [0.15, 0.2) is 24.3 Å². The molecule has 1 aromatic rings. The Hall–Kier alpha value is -1.19. The van der Waals surface area contributed by atoms with Gasteiger partial charge in [0.25, 0.3) is 0 Å². The average Bonchev–Trinajstić information content (AvgIpc) is 2.17. The number of hydrogen-bond donors (Lipinski definition) is 1. The van der Waals surface area contributed by atoms with Crippen molar-refractivity contribution in [3.8, 4) is 0 Å². The van der Waals surface area contributed by atoms with Crippen LogP contribution in [0.2, 0.25) is 0 Å². The van der Waals surface area contributed by atoms with Crippen molar-refractivity contribution in [1.82, 2.24) is 0 Å². The monoisotopic (exact) mass is 195 g/mol. The van der Waals surface area contributed by atoms with Crippen LogP contribution in [0.5, 0.6) is 0 Å². The highest BCUT2D eigenvalue weighted by Gasteiger charge is 1.99. The summed E-state index contributed by atoms with van der Waals surface area (Å²) >= 11 is 0. The number of rotatable bonds is 4. The van der Waals surface area contributed by atoms with E-state index in [1.54, 1.807) is 25.3 Å². The van der Waals surface area contributed by atoms with Gasteiger partial charge >= 0.3 is 0 Å². The highest BCUT2D eigenvalue weighted by molar-refractivity contribution is 5.50. The first-order valence-electron chi connectivity index (χ1n) is 4.42. The molecular weight excluding hydrogens is 181 g/mol. The van der Waals surface area contributed by atoms with Gasteiger partial charge in [-0.05, 0) is 11.6 Å². The molecule has 1 rings (SSSR count). The summed E-state index contributed by atoms with van der Waals surface area (Å²) in [5, 5.41) is 0. The van der Waals surface area contributed by atoms with E-state index in [9.17, 15) is 4.39 Å². The van der Waals surface area contributed by atoms with Crippen LogP contribution in [-0.4, -0.2) is 13.7 Å². The second kappa shape index (κ2) is 5.52. The Kier molecular flexibility index (Phi) is 4.29. The van der Waals surface area contributed by atoms with Crippen molar-refractivity contribution in [2.24, 2.45) is 5.73 Å². The number of ether oxygens (including phenoxy) is 1. The zero-order chi connectivity index (χ0) is 10.4. The Morgan fingerprint density at radius 1 is 1.50 bits per heavy atom. The Bertz CT molecular complexity index is 323. The van der Waals surface area contributed by atoms with Crippen molar-refractivity contribution in [3.05, 3.63) is 41.2 Å². The van der Waals surface area contributed by atoms with Crippen LogP contribution in [0.25, 0.3) is 6.08 Å². The summed E-state index contributed by atoms with van der Waals surface area (Å²) in [6.45, 7) is 0.844. The normalized spacial score (nSPS) is 11.1. The van der Waals surface area contributed by atoms with E-state index in [1.165, 1.54) is 6.07 Å². The molecule has 0 spiro atoms. The third kappa shape index (κ3) is 2.94. The van der Waals surface area contributed by atoms with Crippen molar-refractivity contribution >= 4 is 6.08 Å². The number of benzene rings is 1. The fraction of sp³-hybridized carbons (Fsp3) is 0.273. The van der Waals surface area contributed by atoms with Crippen LogP contribution < -0.4 is 5.73 Å². The second-order valence-corrected chi connectivity index (χ2v) is 2.93. The molecule has 0 bridgehead atoms. The standard InChI is InChI=1S/C11H14FNO/c1-14-8-9-4-5-10(3-2-6-13)11(12)7-9/h2-5,7H,6,8,13H2,1H3/b3-2+. The highest BCUT2D eigenvalue weighted by atomic mass is 19.1. The van der Waals surface area contributed by atoms with E-state index < -0.39 is 0 Å². The topological polar surface area (TPSA) is 35.2 Å². The third-order valence-corrected chi connectivity index (χ3v) is 1.81. The first-order chi connectivity index (χ1) is 6.77. The molecule has 0 heterocycles. The summed E-state index contributed by atoms with van der Waals surface area (Å²) < 4.78 is 18.2. The lowest BCUT2D eigenvalue weighted by molar-refractivity contribution is 0.184. The van der Waals surface area contributed by atoms with Gasteiger partial charge in [-0.1, -0.05) is 24.3 Å². The van der Waals surface area contributed by atoms with E-state index in [0.717, 1.165) is 5.56 Å². The average molecular weight is 195 g/mol. The molecule has 14 heavy (non-hydrogen) atoms. The molecule has 2 nitrogen and oxygen atoms in total. The Morgan fingerprint density at radius 2 is 2.29 bits per heavy atom. The maximum atomic E-state index is 13.3. The van der Waals surface area contributed by atoms with Crippen molar-refractivity contribution in [2.75, 3.05) is 13.7 Å². The maximum absolute atomic E-state index is 13.3. The molecule has 0 aliphatic heterocycles. The molecule has 0 saturated heterocycles. The van der Waals surface area contributed by atoms with Gasteiger partial charge in [0.2, 0.25) is 0 Å². The van der Waals surface area contributed by atoms with E-state index in [4.69, 9.17) is 10.5 Å². The lowest BCUT2D eigenvalue weighted by Gasteiger charge is -2.01. The summed E-state index contributed by atoms with van der Waals surface area (Å²) in [6, 6.07) is 5.03. The van der Waals surface area contributed by atoms with Crippen LogP contribution in [0.1, 0.15) is 11.1 Å². The van der Waals surface area contributed by atoms with E-state index in [0.29, 0.717) is 18.7 Å². The van der Waals surface area contributed by atoms with E-state index >= 15 is 0 Å². The summed E-state index contributed by atoms with van der Waals surface area (Å²) in [7, 11) is 1.58. The van der Waals surface area contributed by atoms with Crippen LogP contribution in [0.3, 0.4) is 0 Å². The molecule has 1 aromatic carbocycles. The van der Waals surface area contributed by atoms with E-state index in [2.05, 4.69) is 0 Å². The fourth-order valence-corrected chi connectivity index (χ4v) is 1.16. The molecule has 2 N–H and O–H groups in total. The van der Waals surface area contributed by atoms with Gasteiger partial charge in [-0.15, -0.1) is 0 Å². The molecule has 0 aromatic heterocycles. The summed E-state index contributed by atoms with van der Waals surface area (Å²) in [4.78, 5) is 0. The zero-order valence-electron chi connectivity index (χ0n) is 8.16. The smallest absolute Gasteiger partial charge is 0.130 e. The van der Waals surface area contributed by atoms with Gasteiger partial charge in [0.15, 0.2) is 0 Å². The second-order valence-electron chi connectivity index (χ2n) is 2.93. The summed E-state index contributed by atoms with van der Waals surface area (Å²) in [6.07, 6.45) is 3.39. The van der Waals surface area contributed by atoms with E-state index in [1.807, 2.05) is 6.07 Å². The first kappa shape index (κ1) is 10.9. The maximum Gasteiger partial charge on any atom is 0.130 e. The molecule has 76 valence electrons. The van der Waals surface area contributed by atoms with Gasteiger partial charge in [-0.2, -0.15) is 0 Å². The van der Waals surface area contributed by atoms with Gasteiger partial charge in [-0.25, -0.2) is 4.39 Å². The van der Waals surface area contributed by atoms with Crippen LogP contribution in [0.4, 0.5) is 4.39 Å². The molecule has 0 atom stereocenters. The SMILES string of the molecule is COCc1ccc(/C=C/CN)c(F)c1. The lowest BCUT2D eigenvalue weighted by atomic mass is 10.1. The van der Waals surface area contributed by atoms with Crippen LogP contribution >= 0.6 is 0 Å². The molecule has 0 aliphatic rings. The third-order valence-electron chi connectivity index (χ3n) is 1.81. The Labute approximate surface area is 83.2 Å². The number of methoxy groups -OCH3 is 1. The molecule has 0 radical (unpaired) electrons.